The Hall–Kier alpha value is -1.43. The number of hydrogen-bond donors (Lipinski definition) is 3. The van der Waals surface area contributed by atoms with Gasteiger partial charge < -0.3 is 15.5 Å². The Labute approximate surface area is 93.6 Å². The molecule has 0 amide bonds. The monoisotopic (exact) mass is 231 g/mol. The fraction of sp³-hybridized carbons (Fsp3) is 0.700. The van der Waals surface area contributed by atoms with Crippen LogP contribution in [0.4, 0.5) is 0 Å². The summed E-state index contributed by atoms with van der Waals surface area (Å²) in [6.45, 7) is 1.88. The highest BCUT2D eigenvalue weighted by Gasteiger charge is 2.08. The molecule has 0 radical (unpaired) electrons. The summed E-state index contributed by atoms with van der Waals surface area (Å²) < 4.78 is 0. The second kappa shape index (κ2) is 7.81. The van der Waals surface area contributed by atoms with Gasteiger partial charge in [-0.15, -0.1) is 0 Å². The van der Waals surface area contributed by atoms with E-state index < -0.39 is 11.9 Å². The first-order valence-electron chi connectivity index (χ1n) is 5.10. The lowest BCUT2D eigenvalue weighted by Crippen LogP contribution is -2.32. The summed E-state index contributed by atoms with van der Waals surface area (Å²) in [4.78, 5) is 31.6. The zero-order chi connectivity index (χ0) is 12.6. The number of ketones is 1. The van der Waals surface area contributed by atoms with Crippen molar-refractivity contribution in [2.75, 3.05) is 6.54 Å². The molecule has 6 nitrogen and oxygen atoms in total. The molecule has 0 aliphatic heterocycles. The van der Waals surface area contributed by atoms with Gasteiger partial charge in [0.2, 0.25) is 0 Å². The third-order valence-corrected chi connectivity index (χ3v) is 2.06. The minimum atomic E-state index is -0.993. The summed E-state index contributed by atoms with van der Waals surface area (Å²) >= 11 is 0. The molecule has 6 heteroatoms. The maximum Gasteiger partial charge on any atom is 0.303 e. The van der Waals surface area contributed by atoms with Crippen LogP contribution in [0.3, 0.4) is 0 Å². The Morgan fingerprint density at radius 2 is 1.62 bits per heavy atom. The lowest BCUT2D eigenvalue weighted by Gasteiger charge is -2.11. The second-order valence-corrected chi connectivity index (χ2v) is 3.65. The van der Waals surface area contributed by atoms with E-state index in [0.29, 0.717) is 6.42 Å². The molecule has 1 atom stereocenters. The van der Waals surface area contributed by atoms with E-state index in [1.807, 2.05) is 0 Å². The molecule has 1 unspecified atom stereocenters. The summed E-state index contributed by atoms with van der Waals surface area (Å²) in [5.41, 5.74) is 0. The molecule has 0 fully saturated rings. The van der Waals surface area contributed by atoms with E-state index in [1.165, 1.54) is 0 Å². The highest BCUT2D eigenvalue weighted by atomic mass is 16.4. The van der Waals surface area contributed by atoms with Gasteiger partial charge in [-0.25, -0.2) is 0 Å². The van der Waals surface area contributed by atoms with Crippen LogP contribution in [0.15, 0.2) is 0 Å². The van der Waals surface area contributed by atoms with Crippen molar-refractivity contribution >= 4 is 17.7 Å². The summed E-state index contributed by atoms with van der Waals surface area (Å²) in [5.74, 6) is -2.04. The largest absolute Gasteiger partial charge is 0.481 e. The van der Waals surface area contributed by atoms with E-state index >= 15 is 0 Å². The van der Waals surface area contributed by atoms with E-state index in [0.717, 1.165) is 0 Å². The van der Waals surface area contributed by atoms with Crippen molar-refractivity contribution in [3.63, 3.8) is 0 Å². The van der Waals surface area contributed by atoms with E-state index in [-0.39, 0.29) is 37.6 Å². The first kappa shape index (κ1) is 14.6. The molecule has 0 aromatic rings. The Morgan fingerprint density at radius 3 is 2.12 bits per heavy atom. The average molecular weight is 231 g/mol. The number of carboxylic acid groups (broad SMARTS) is 2. The quantitative estimate of drug-likeness (QED) is 0.526. The van der Waals surface area contributed by atoms with Crippen LogP contribution >= 0.6 is 0 Å². The first-order chi connectivity index (χ1) is 7.41. The fourth-order valence-corrected chi connectivity index (χ4v) is 1.06. The van der Waals surface area contributed by atoms with Gasteiger partial charge >= 0.3 is 11.9 Å². The summed E-state index contributed by atoms with van der Waals surface area (Å²) in [5, 5.41) is 19.6. The SMILES string of the molecule is CC(CCC(=O)O)NCC(=O)CCC(=O)O. The molecule has 0 aromatic heterocycles. The van der Waals surface area contributed by atoms with Crippen LogP contribution in [0.5, 0.6) is 0 Å². The van der Waals surface area contributed by atoms with Crippen molar-refractivity contribution in [3.8, 4) is 0 Å². The summed E-state index contributed by atoms with van der Waals surface area (Å²) in [6, 6.07) is -0.0649. The molecular formula is C10H17NO5. The number of hydrogen-bond acceptors (Lipinski definition) is 4. The summed E-state index contributed by atoms with van der Waals surface area (Å²) in [7, 11) is 0. The smallest absolute Gasteiger partial charge is 0.303 e. The third-order valence-electron chi connectivity index (χ3n) is 2.06. The van der Waals surface area contributed by atoms with Crippen LogP contribution in [0.2, 0.25) is 0 Å². The molecule has 3 N–H and O–H groups in total. The lowest BCUT2D eigenvalue weighted by atomic mass is 10.1. The van der Waals surface area contributed by atoms with E-state index in [2.05, 4.69) is 5.32 Å². The number of rotatable bonds is 9. The zero-order valence-corrected chi connectivity index (χ0v) is 9.23. The predicted molar refractivity (Wildman–Crippen MR) is 56.2 cm³/mol. The molecule has 0 saturated heterocycles. The van der Waals surface area contributed by atoms with Crippen molar-refractivity contribution in [2.45, 2.75) is 38.6 Å². The Morgan fingerprint density at radius 1 is 1.06 bits per heavy atom. The third kappa shape index (κ3) is 9.14. The molecule has 0 aliphatic rings. The van der Waals surface area contributed by atoms with Gasteiger partial charge in [0.15, 0.2) is 0 Å². The zero-order valence-electron chi connectivity index (χ0n) is 9.23. The van der Waals surface area contributed by atoms with Crippen molar-refractivity contribution in [1.82, 2.24) is 5.32 Å². The molecule has 0 rings (SSSR count). The minimum absolute atomic E-state index is 0.00792. The first-order valence-corrected chi connectivity index (χ1v) is 5.10. The number of carbonyl (C=O) groups excluding carboxylic acids is 1. The van der Waals surface area contributed by atoms with Gasteiger partial charge in [-0.3, -0.25) is 14.4 Å². The maximum absolute atomic E-state index is 11.1. The molecule has 0 heterocycles. The molecule has 16 heavy (non-hydrogen) atoms. The normalized spacial score (nSPS) is 12.1. The lowest BCUT2D eigenvalue weighted by molar-refractivity contribution is -0.139. The van der Waals surface area contributed by atoms with Crippen molar-refractivity contribution in [2.24, 2.45) is 0 Å². The summed E-state index contributed by atoms with van der Waals surface area (Å²) in [6.07, 6.45) is 0.344. The van der Waals surface area contributed by atoms with Gasteiger partial charge in [-0.1, -0.05) is 0 Å². The van der Waals surface area contributed by atoms with Crippen molar-refractivity contribution in [1.29, 1.82) is 0 Å². The molecule has 0 saturated carbocycles. The van der Waals surface area contributed by atoms with Crippen LogP contribution < -0.4 is 5.32 Å². The topological polar surface area (TPSA) is 104 Å². The molecule has 0 aliphatic carbocycles. The maximum atomic E-state index is 11.1. The van der Waals surface area contributed by atoms with Gasteiger partial charge in [-0.2, -0.15) is 0 Å². The van der Waals surface area contributed by atoms with E-state index in [1.54, 1.807) is 6.92 Å². The van der Waals surface area contributed by atoms with Crippen molar-refractivity contribution in [3.05, 3.63) is 0 Å². The highest BCUT2D eigenvalue weighted by molar-refractivity contribution is 5.83. The Bertz CT molecular complexity index is 264. The minimum Gasteiger partial charge on any atom is -0.481 e. The molecule has 0 aromatic carbocycles. The van der Waals surface area contributed by atoms with Gasteiger partial charge in [0.25, 0.3) is 0 Å². The number of nitrogens with one attached hydrogen (secondary N) is 1. The van der Waals surface area contributed by atoms with E-state index in [4.69, 9.17) is 10.2 Å². The number of aliphatic carboxylic acids is 2. The van der Waals surface area contributed by atoms with Crippen molar-refractivity contribution < 1.29 is 24.6 Å². The number of Topliss-reactive ketones (excluding diaryl/α,β-unsaturated/α-hetero) is 1. The number of carboxylic acids is 2. The highest BCUT2D eigenvalue weighted by Crippen LogP contribution is 1.97. The second-order valence-electron chi connectivity index (χ2n) is 3.65. The van der Waals surface area contributed by atoms with Crippen LogP contribution in [-0.2, 0) is 14.4 Å². The Kier molecular flexibility index (Phi) is 7.11. The number of carbonyl (C=O) groups is 3. The van der Waals surface area contributed by atoms with Crippen LogP contribution in [-0.4, -0.2) is 40.5 Å². The van der Waals surface area contributed by atoms with Crippen LogP contribution in [0.1, 0.15) is 32.6 Å². The predicted octanol–water partition coefficient (Wildman–Crippen LogP) is 0.263. The van der Waals surface area contributed by atoms with Crippen LogP contribution in [0, 0.1) is 0 Å². The average Bonchev–Trinajstić information content (AvgIpc) is 2.20. The molecular weight excluding hydrogens is 214 g/mol. The Balaban J connectivity index is 3.58. The molecule has 92 valence electrons. The molecule has 0 spiro atoms. The fourth-order valence-electron chi connectivity index (χ4n) is 1.06. The van der Waals surface area contributed by atoms with Gasteiger partial charge in [-0.05, 0) is 13.3 Å². The van der Waals surface area contributed by atoms with E-state index in [9.17, 15) is 14.4 Å². The van der Waals surface area contributed by atoms with Crippen LogP contribution in [0.25, 0.3) is 0 Å². The van der Waals surface area contributed by atoms with Gasteiger partial charge in [0.1, 0.15) is 5.78 Å². The van der Waals surface area contributed by atoms with Gasteiger partial charge in [0.05, 0.1) is 13.0 Å². The standard InChI is InChI=1S/C10H17NO5/c1-7(2-4-9(13)14)11-6-8(12)3-5-10(15)16/h7,11H,2-6H2,1H3,(H,13,14)(H,15,16). The molecule has 0 bridgehead atoms. The van der Waals surface area contributed by atoms with Gasteiger partial charge in [0, 0.05) is 18.9 Å².